The van der Waals surface area contributed by atoms with Gasteiger partial charge in [-0.1, -0.05) is 42.5 Å². The van der Waals surface area contributed by atoms with Crippen LogP contribution in [0.4, 0.5) is 0 Å². The quantitative estimate of drug-likeness (QED) is 0.603. The summed E-state index contributed by atoms with van der Waals surface area (Å²) in [7, 11) is 0. The fraction of sp³-hybridized carbons (Fsp3) is 0.105. The maximum Gasteiger partial charge on any atom is 0.344 e. The summed E-state index contributed by atoms with van der Waals surface area (Å²) >= 11 is 1.68. The standard InChI is InChI=1S/C19H16O2S/c1-13-17(12-14-6-4-3-5-7-14)21-19(20)18(13)15-8-10-16(22-2)11-9-15/h3-12H,1-2H3/b17-12-. The topological polar surface area (TPSA) is 26.3 Å². The molecule has 110 valence electrons. The number of hydrogen-bond donors (Lipinski definition) is 0. The summed E-state index contributed by atoms with van der Waals surface area (Å²) in [5.74, 6) is 0.344. The highest BCUT2D eigenvalue weighted by molar-refractivity contribution is 7.98. The second-order valence-corrected chi connectivity index (χ2v) is 5.92. The molecule has 0 unspecified atom stereocenters. The Balaban J connectivity index is 1.99. The monoisotopic (exact) mass is 308 g/mol. The predicted molar refractivity (Wildman–Crippen MR) is 91.3 cm³/mol. The van der Waals surface area contributed by atoms with Crippen LogP contribution in [0.3, 0.4) is 0 Å². The van der Waals surface area contributed by atoms with E-state index < -0.39 is 0 Å². The fourth-order valence-corrected chi connectivity index (χ4v) is 2.84. The van der Waals surface area contributed by atoms with E-state index in [0.29, 0.717) is 11.3 Å². The van der Waals surface area contributed by atoms with Crippen molar-refractivity contribution in [2.45, 2.75) is 11.8 Å². The number of benzene rings is 2. The van der Waals surface area contributed by atoms with Crippen molar-refractivity contribution in [3.05, 3.63) is 77.1 Å². The van der Waals surface area contributed by atoms with Gasteiger partial charge in [0.2, 0.25) is 0 Å². The second kappa shape index (κ2) is 6.24. The number of esters is 1. The van der Waals surface area contributed by atoms with Gasteiger partial charge in [-0.15, -0.1) is 11.8 Å². The number of allylic oxidation sites excluding steroid dienone is 1. The maximum atomic E-state index is 12.2. The first-order valence-electron chi connectivity index (χ1n) is 7.03. The van der Waals surface area contributed by atoms with Crippen LogP contribution in [0, 0.1) is 0 Å². The third kappa shape index (κ3) is 2.85. The maximum absolute atomic E-state index is 12.2. The molecule has 0 spiro atoms. The molecule has 2 aromatic rings. The van der Waals surface area contributed by atoms with Crippen molar-refractivity contribution in [2.24, 2.45) is 0 Å². The number of ether oxygens (including phenoxy) is 1. The van der Waals surface area contributed by atoms with E-state index in [1.54, 1.807) is 11.8 Å². The van der Waals surface area contributed by atoms with Gasteiger partial charge in [0.15, 0.2) is 0 Å². The average molecular weight is 308 g/mol. The third-order valence-electron chi connectivity index (χ3n) is 3.63. The normalized spacial score (nSPS) is 16.3. The lowest BCUT2D eigenvalue weighted by atomic mass is 10.0. The molecule has 0 saturated heterocycles. The van der Waals surface area contributed by atoms with Gasteiger partial charge in [-0.3, -0.25) is 0 Å². The molecule has 0 aromatic heterocycles. The van der Waals surface area contributed by atoms with Gasteiger partial charge < -0.3 is 4.74 Å². The van der Waals surface area contributed by atoms with E-state index in [9.17, 15) is 4.79 Å². The smallest absolute Gasteiger partial charge is 0.344 e. The lowest BCUT2D eigenvalue weighted by Crippen LogP contribution is -1.98. The van der Waals surface area contributed by atoms with Gasteiger partial charge in [0.25, 0.3) is 0 Å². The van der Waals surface area contributed by atoms with E-state index in [2.05, 4.69) is 0 Å². The highest BCUT2D eigenvalue weighted by Gasteiger charge is 2.28. The summed E-state index contributed by atoms with van der Waals surface area (Å²) in [6.07, 6.45) is 3.93. The lowest BCUT2D eigenvalue weighted by Gasteiger charge is -2.01. The molecule has 2 aromatic carbocycles. The van der Waals surface area contributed by atoms with E-state index in [-0.39, 0.29) is 5.97 Å². The van der Waals surface area contributed by atoms with Crippen molar-refractivity contribution in [2.75, 3.05) is 6.26 Å². The third-order valence-corrected chi connectivity index (χ3v) is 4.37. The molecule has 1 aliphatic rings. The van der Waals surface area contributed by atoms with Crippen LogP contribution in [0.5, 0.6) is 0 Å². The Morgan fingerprint density at radius 1 is 1.00 bits per heavy atom. The SMILES string of the molecule is CSc1ccc(C2=C(C)/C(=C/c3ccccc3)OC2=O)cc1. The number of thioether (sulfide) groups is 1. The largest absolute Gasteiger partial charge is 0.423 e. The van der Waals surface area contributed by atoms with Crippen LogP contribution in [-0.4, -0.2) is 12.2 Å². The molecule has 0 amide bonds. The summed E-state index contributed by atoms with van der Waals surface area (Å²) in [6, 6.07) is 17.8. The first-order chi connectivity index (χ1) is 10.7. The Morgan fingerprint density at radius 3 is 2.32 bits per heavy atom. The van der Waals surface area contributed by atoms with Crippen molar-refractivity contribution in [3.8, 4) is 0 Å². The minimum atomic E-state index is -0.281. The van der Waals surface area contributed by atoms with Gasteiger partial charge in [-0.2, -0.15) is 0 Å². The Bertz CT molecular complexity index is 756. The number of carbonyl (C=O) groups is 1. The van der Waals surface area contributed by atoms with Gasteiger partial charge >= 0.3 is 5.97 Å². The molecule has 0 saturated carbocycles. The molecule has 3 heteroatoms. The Morgan fingerprint density at radius 2 is 1.68 bits per heavy atom. The summed E-state index contributed by atoms with van der Waals surface area (Å²) in [5.41, 5.74) is 3.45. The number of rotatable bonds is 3. The highest BCUT2D eigenvalue weighted by atomic mass is 32.2. The molecule has 1 heterocycles. The average Bonchev–Trinajstić information content (AvgIpc) is 2.82. The second-order valence-electron chi connectivity index (χ2n) is 5.04. The molecule has 22 heavy (non-hydrogen) atoms. The number of cyclic esters (lactones) is 1. The van der Waals surface area contributed by atoms with Crippen LogP contribution in [0.15, 0.2) is 70.8 Å². The molecule has 1 aliphatic heterocycles. The summed E-state index contributed by atoms with van der Waals surface area (Å²) in [6.45, 7) is 1.93. The van der Waals surface area contributed by atoms with Crippen LogP contribution in [0.25, 0.3) is 11.6 Å². The summed E-state index contributed by atoms with van der Waals surface area (Å²) in [5, 5.41) is 0. The molecule has 0 atom stereocenters. The van der Waals surface area contributed by atoms with Crippen molar-refractivity contribution in [1.29, 1.82) is 0 Å². The molecule has 3 rings (SSSR count). The van der Waals surface area contributed by atoms with E-state index in [0.717, 1.165) is 16.7 Å². The zero-order valence-corrected chi connectivity index (χ0v) is 13.3. The summed E-state index contributed by atoms with van der Waals surface area (Å²) in [4.78, 5) is 13.4. The number of hydrogen-bond acceptors (Lipinski definition) is 3. The van der Waals surface area contributed by atoms with Gasteiger partial charge in [-0.25, -0.2) is 4.79 Å². The molecule has 0 bridgehead atoms. The van der Waals surface area contributed by atoms with Gasteiger partial charge in [-0.05, 0) is 42.5 Å². The van der Waals surface area contributed by atoms with Crippen molar-refractivity contribution in [3.63, 3.8) is 0 Å². The summed E-state index contributed by atoms with van der Waals surface area (Å²) < 4.78 is 5.44. The molecular weight excluding hydrogens is 292 g/mol. The van der Waals surface area contributed by atoms with Crippen molar-refractivity contribution in [1.82, 2.24) is 0 Å². The van der Waals surface area contributed by atoms with E-state index in [1.807, 2.05) is 73.9 Å². The van der Waals surface area contributed by atoms with Crippen molar-refractivity contribution >= 4 is 29.4 Å². The zero-order valence-electron chi connectivity index (χ0n) is 12.5. The Kier molecular flexibility index (Phi) is 4.16. The molecule has 0 fully saturated rings. The minimum Gasteiger partial charge on any atom is -0.423 e. The molecular formula is C19H16O2S. The highest BCUT2D eigenvalue weighted by Crippen LogP contribution is 2.34. The van der Waals surface area contributed by atoms with Crippen LogP contribution in [0.2, 0.25) is 0 Å². The molecule has 0 aliphatic carbocycles. The van der Waals surface area contributed by atoms with Gasteiger partial charge in [0.05, 0.1) is 5.57 Å². The first-order valence-corrected chi connectivity index (χ1v) is 8.26. The van der Waals surface area contributed by atoms with Crippen LogP contribution in [0.1, 0.15) is 18.1 Å². The Hall–Kier alpha value is -2.26. The van der Waals surface area contributed by atoms with Gasteiger partial charge in [0, 0.05) is 10.5 Å². The van der Waals surface area contributed by atoms with Gasteiger partial charge in [0.1, 0.15) is 5.76 Å². The molecule has 0 N–H and O–H groups in total. The molecule has 2 nitrogen and oxygen atoms in total. The van der Waals surface area contributed by atoms with E-state index in [4.69, 9.17) is 4.74 Å². The molecule has 0 radical (unpaired) electrons. The predicted octanol–water partition coefficient (Wildman–Crippen LogP) is 4.78. The van der Waals surface area contributed by atoms with Crippen molar-refractivity contribution < 1.29 is 9.53 Å². The Labute approximate surface area is 134 Å². The van der Waals surface area contributed by atoms with Crippen LogP contribution >= 0.6 is 11.8 Å². The number of carbonyl (C=O) groups excluding carboxylic acids is 1. The first kappa shape index (κ1) is 14.7. The van der Waals surface area contributed by atoms with E-state index >= 15 is 0 Å². The van der Waals surface area contributed by atoms with E-state index in [1.165, 1.54) is 4.90 Å². The minimum absolute atomic E-state index is 0.281. The fourth-order valence-electron chi connectivity index (χ4n) is 2.43. The van der Waals surface area contributed by atoms with Crippen LogP contribution < -0.4 is 0 Å². The zero-order chi connectivity index (χ0) is 15.5. The van der Waals surface area contributed by atoms with Crippen LogP contribution in [-0.2, 0) is 9.53 Å². The lowest BCUT2D eigenvalue weighted by molar-refractivity contribution is -0.131.